The third-order valence-corrected chi connectivity index (χ3v) is 8.01. The van der Waals surface area contributed by atoms with Crippen LogP contribution in [0.1, 0.15) is 80.8 Å². The van der Waals surface area contributed by atoms with Crippen molar-refractivity contribution in [3.63, 3.8) is 0 Å². The summed E-state index contributed by atoms with van der Waals surface area (Å²) in [6.07, 6.45) is 6.36. The number of piperidine rings is 1. The molecule has 1 fully saturated rings. The van der Waals surface area contributed by atoms with Crippen molar-refractivity contribution >= 4 is 5.91 Å². The molecule has 4 heteroatoms. The van der Waals surface area contributed by atoms with Crippen LogP contribution in [-0.4, -0.2) is 48.5 Å². The van der Waals surface area contributed by atoms with E-state index >= 15 is 0 Å². The molecule has 1 aliphatic heterocycles. The molecule has 1 amide bonds. The molecule has 0 saturated carbocycles. The summed E-state index contributed by atoms with van der Waals surface area (Å²) in [4.78, 5) is 18.8. The van der Waals surface area contributed by atoms with Gasteiger partial charge in [-0.3, -0.25) is 4.79 Å². The topological polar surface area (TPSA) is 32.8 Å². The van der Waals surface area contributed by atoms with Crippen LogP contribution in [0.4, 0.5) is 0 Å². The van der Waals surface area contributed by atoms with E-state index in [0.717, 1.165) is 85.3 Å². The van der Waals surface area contributed by atoms with Gasteiger partial charge in [-0.2, -0.15) is 0 Å². The molecule has 1 saturated heterocycles. The summed E-state index contributed by atoms with van der Waals surface area (Å²) in [6.45, 7) is 10.6. The normalized spacial score (nSPS) is 14.0. The second kappa shape index (κ2) is 15.5. The van der Waals surface area contributed by atoms with Crippen molar-refractivity contribution in [3.8, 4) is 28.7 Å². The van der Waals surface area contributed by atoms with Crippen molar-refractivity contribution in [1.82, 2.24) is 9.80 Å². The molecule has 1 aliphatic rings. The Hall–Kier alpha value is -3.55. The fraction of sp³-hybridized carbons (Fsp3) is 0.432. The molecule has 41 heavy (non-hydrogen) atoms. The summed E-state index contributed by atoms with van der Waals surface area (Å²) < 4.78 is 5.30. The van der Waals surface area contributed by atoms with Crippen molar-refractivity contribution in [3.05, 3.63) is 89.5 Å². The fourth-order valence-corrected chi connectivity index (χ4v) is 5.37. The zero-order valence-electron chi connectivity index (χ0n) is 25.4. The first-order valence-corrected chi connectivity index (χ1v) is 15.3. The molecule has 4 rings (SSSR count). The maximum Gasteiger partial charge on any atom is 0.254 e. The van der Waals surface area contributed by atoms with Gasteiger partial charge in [-0.25, -0.2) is 0 Å². The molecular weight excluding hydrogens is 504 g/mol. The average molecular weight is 551 g/mol. The maximum atomic E-state index is 14.1. The highest BCUT2D eigenvalue weighted by atomic mass is 16.5. The summed E-state index contributed by atoms with van der Waals surface area (Å²) >= 11 is 0. The minimum Gasteiger partial charge on any atom is -0.497 e. The number of hydrogen-bond acceptors (Lipinski definition) is 3. The van der Waals surface area contributed by atoms with Gasteiger partial charge in [0.2, 0.25) is 0 Å². The second-order valence-electron chi connectivity index (χ2n) is 11.6. The lowest BCUT2D eigenvalue weighted by molar-refractivity contribution is 0.0546. The lowest BCUT2D eigenvalue weighted by Gasteiger charge is -2.39. The summed E-state index contributed by atoms with van der Waals surface area (Å²) in [5.41, 5.74) is 5.09. The maximum absolute atomic E-state index is 14.1. The van der Waals surface area contributed by atoms with E-state index < -0.39 is 0 Å². The van der Waals surface area contributed by atoms with Crippen LogP contribution in [0.5, 0.6) is 5.75 Å². The SMILES string of the molecule is CCCCC#Cc1cccc(C(=O)N(Cc2ccc(-c3ccc(OC)cc3)cc2)C2CCN(CCC(C)C)CC2)c1. The highest BCUT2D eigenvalue weighted by Gasteiger charge is 2.29. The number of likely N-dealkylation sites (tertiary alicyclic amines) is 1. The monoisotopic (exact) mass is 550 g/mol. The largest absolute Gasteiger partial charge is 0.497 e. The lowest BCUT2D eigenvalue weighted by Crippen LogP contribution is -2.47. The van der Waals surface area contributed by atoms with Crippen molar-refractivity contribution in [1.29, 1.82) is 0 Å². The molecule has 1 heterocycles. The predicted octanol–water partition coefficient (Wildman–Crippen LogP) is 8.06. The molecule has 0 aliphatic carbocycles. The molecule has 3 aromatic carbocycles. The van der Waals surface area contributed by atoms with Crippen LogP contribution in [0.3, 0.4) is 0 Å². The van der Waals surface area contributed by atoms with Crippen LogP contribution in [0.15, 0.2) is 72.8 Å². The smallest absolute Gasteiger partial charge is 0.254 e. The Bertz CT molecular complexity index is 1290. The van der Waals surface area contributed by atoms with Gasteiger partial charge >= 0.3 is 0 Å². The predicted molar refractivity (Wildman–Crippen MR) is 170 cm³/mol. The zero-order chi connectivity index (χ0) is 29.0. The third kappa shape index (κ3) is 8.97. The van der Waals surface area contributed by atoms with Gasteiger partial charge in [0.05, 0.1) is 7.11 Å². The Kier molecular flexibility index (Phi) is 11.5. The molecule has 0 bridgehead atoms. The van der Waals surface area contributed by atoms with Gasteiger partial charge in [0.25, 0.3) is 5.91 Å². The highest BCUT2D eigenvalue weighted by molar-refractivity contribution is 5.94. The number of carbonyl (C=O) groups is 1. The van der Waals surface area contributed by atoms with Gasteiger partial charge in [-0.05, 0) is 85.2 Å². The van der Waals surface area contributed by atoms with E-state index in [1.807, 2.05) is 36.4 Å². The number of amides is 1. The van der Waals surface area contributed by atoms with Crippen LogP contribution in [0, 0.1) is 17.8 Å². The average Bonchev–Trinajstić information content (AvgIpc) is 3.01. The van der Waals surface area contributed by atoms with Crippen LogP contribution in [-0.2, 0) is 6.54 Å². The fourth-order valence-electron chi connectivity index (χ4n) is 5.37. The number of benzene rings is 3. The van der Waals surface area contributed by atoms with E-state index in [2.05, 4.69) is 78.8 Å². The van der Waals surface area contributed by atoms with Gasteiger partial charge in [-0.1, -0.05) is 81.5 Å². The van der Waals surface area contributed by atoms with E-state index in [1.165, 1.54) is 6.42 Å². The Labute approximate surface area is 247 Å². The van der Waals surface area contributed by atoms with Crippen LogP contribution >= 0.6 is 0 Å². The molecule has 216 valence electrons. The summed E-state index contributed by atoms with van der Waals surface area (Å²) in [7, 11) is 1.68. The number of methoxy groups -OCH3 is 1. The minimum absolute atomic E-state index is 0.0991. The van der Waals surface area contributed by atoms with Crippen LogP contribution in [0.2, 0.25) is 0 Å². The number of ether oxygens (including phenoxy) is 1. The van der Waals surface area contributed by atoms with Crippen LogP contribution < -0.4 is 4.74 Å². The lowest BCUT2D eigenvalue weighted by atomic mass is 9.99. The Morgan fingerprint density at radius 1 is 1.00 bits per heavy atom. The summed E-state index contributed by atoms with van der Waals surface area (Å²) in [5.74, 6) is 8.19. The van der Waals surface area contributed by atoms with E-state index in [4.69, 9.17) is 4.74 Å². The van der Waals surface area contributed by atoms with E-state index in [-0.39, 0.29) is 11.9 Å². The number of carbonyl (C=O) groups excluding carboxylic acids is 1. The first-order valence-electron chi connectivity index (χ1n) is 15.3. The van der Waals surface area contributed by atoms with Gasteiger partial charge in [0.15, 0.2) is 0 Å². The second-order valence-corrected chi connectivity index (χ2v) is 11.6. The number of hydrogen-bond donors (Lipinski definition) is 0. The molecule has 0 aromatic heterocycles. The third-order valence-electron chi connectivity index (χ3n) is 8.01. The van der Waals surface area contributed by atoms with Crippen molar-refractivity contribution in [2.45, 2.75) is 71.9 Å². The first kappa shape index (κ1) is 30.4. The molecule has 0 radical (unpaired) electrons. The summed E-state index contributed by atoms with van der Waals surface area (Å²) in [6, 6.07) is 24.9. The molecular formula is C37H46N2O2. The van der Waals surface area contributed by atoms with Gasteiger partial charge in [0.1, 0.15) is 5.75 Å². The number of nitrogens with zero attached hydrogens (tertiary/aromatic N) is 2. The van der Waals surface area contributed by atoms with Crippen molar-refractivity contribution < 1.29 is 9.53 Å². The summed E-state index contributed by atoms with van der Waals surface area (Å²) in [5, 5.41) is 0. The van der Waals surface area contributed by atoms with E-state index in [0.29, 0.717) is 12.5 Å². The van der Waals surface area contributed by atoms with Crippen LogP contribution in [0.25, 0.3) is 11.1 Å². The molecule has 0 unspecified atom stereocenters. The Morgan fingerprint density at radius 3 is 2.32 bits per heavy atom. The molecule has 0 N–H and O–H groups in total. The minimum atomic E-state index is 0.0991. The highest BCUT2D eigenvalue weighted by Crippen LogP contribution is 2.26. The molecule has 0 spiro atoms. The zero-order valence-corrected chi connectivity index (χ0v) is 25.4. The van der Waals surface area contributed by atoms with E-state index in [9.17, 15) is 4.79 Å². The molecule has 4 nitrogen and oxygen atoms in total. The number of rotatable bonds is 11. The Balaban J connectivity index is 1.52. The van der Waals surface area contributed by atoms with Crippen molar-refractivity contribution in [2.24, 2.45) is 5.92 Å². The van der Waals surface area contributed by atoms with E-state index in [1.54, 1.807) is 7.11 Å². The number of unbranched alkanes of at least 4 members (excludes halogenated alkanes) is 2. The standard InChI is InChI=1S/C37H46N2O2/c1-5-6-7-8-10-30-11-9-12-34(27-30)37(40)39(35-22-25-38(26-23-35)24-21-29(2)3)28-31-13-15-32(16-14-31)33-17-19-36(41-4)20-18-33/h9,11-20,27,29,35H,5-7,21-26,28H2,1-4H3. The van der Waals surface area contributed by atoms with Gasteiger partial charge < -0.3 is 14.5 Å². The molecule has 3 aromatic rings. The Morgan fingerprint density at radius 2 is 1.68 bits per heavy atom. The first-order chi connectivity index (χ1) is 20.0. The van der Waals surface area contributed by atoms with Gasteiger partial charge in [-0.15, -0.1) is 0 Å². The van der Waals surface area contributed by atoms with Gasteiger partial charge in [0, 0.05) is 43.2 Å². The quantitative estimate of drug-likeness (QED) is 0.179. The van der Waals surface area contributed by atoms with Crippen molar-refractivity contribution in [2.75, 3.05) is 26.7 Å². The molecule has 0 atom stereocenters.